The lowest BCUT2D eigenvalue weighted by Crippen LogP contribution is -2.32. The van der Waals surface area contributed by atoms with Gasteiger partial charge in [-0.25, -0.2) is 13.8 Å². The van der Waals surface area contributed by atoms with Gasteiger partial charge >= 0.3 is 0 Å². The molecule has 0 fully saturated rings. The molecule has 27 heavy (non-hydrogen) atoms. The van der Waals surface area contributed by atoms with Gasteiger partial charge in [0.1, 0.15) is 11.6 Å². The molecular weight excluding hydrogens is 372 g/mol. The number of benzene rings is 1. The van der Waals surface area contributed by atoms with Crippen LogP contribution in [0.4, 0.5) is 13.9 Å². The first-order valence-electron chi connectivity index (χ1n) is 7.71. The van der Waals surface area contributed by atoms with E-state index in [9.17, 15) is 8.78 Å². The van der Waals surface area contributed by atoms with Gasteiger partial charge in [-0.2, -0.15) is 9.37 Å². The molecule has 0 radical (unpaired) electrons. The molecule has 0 bridgehead atoms. The highest BCUT2D eigenvalue weighted by atomic mass is 32.1. The molecule has 0 unspecified atom stereocenters. The first-order valence-corrected chi connectivity index (χ1v) is 8.49. The minimum Gasteiger partial charge on any atom is -0.396 e. The van der Waals surface area contributed by atoms with Gasteiger partial charge in [-0.15, -0.1) is 0 Å². The predicted octanol–water partition coefficient (Wildman–Crippen LogP) is 2.54. The summed E-state index contributed by atoms with van der Waals surface area (Å²) in [6.45, 7) is 1.72. The van der Waals surface area contributed by atoms with Crippen LogP contribution in [-0.2, 0) is 0 Å². The maximum absolute atomic E-state index is 14.4. The van der Waals surface area contributed by atoms with Crippen molar-refractivity contribution in [2.24, 2.45) is 16.5 Å². The van der Waals surface area contributed by atoms with Crippen LogP contribution in [0, 0.1) is 18.6 Å². The SMILES string of the molecule is Cc1nsc(N=C(N)N/C(=C(\N)c2ccncc2F)c2ccccc2F)n1. The number of pyridine rings is 1. The van der Waals surface area contributed by atoms with Crippen molar-refractivity contribution in [3.63, 3.8) is 0 Å². The highest BCUT2D eigenvalue weighted by Gasteiger charge is 2.16. The van der Waals surface area contributed by atoms with E-state index in [1.54, 1.807) is 13.0 Å². The van der Waals surface area contributed by atoms with Gasteiger partial charge in [-0.05, 0) is 25.1 Å². The van der Waals surface area contributed by atoms with Crippen LogP contribution in [0.1, 0.15) is 17.0 Å². The van der Waals surface area contributed by atoms with Gasteiger partial charge in [-0.1, -0.05) is 12.1 Å². The summed E-state index contributed by atoms with van der Waals surface area (Å²) in [6.07, 6.45) is 2.40. The molecule has 0 saturated carbocycles. The maximum atomic E-state index is 14.4. The second-order valence-corrected chi connectivity index (χ2v) is 6.10. The summed E-state index contributed by atoms with van der Waals surface area (Å²) in [6, 6.07) is 7.29. The van der Waals surface area contributed by atoms with E-state index >= 15 is 0 Å². The molecule has 7 nitrogen and oxygen atoms in total. The number of halogens is 2. The molecule has 10 heteroatoms. The number of nitrogens with zero attached hydrogens (tertiary/aromatic N) is 4. The summed E-state index contributed by atoms with van der Waals surface area (Å²) >= 11 is 1.05. The number of aryl methyl sites for hydroxylation is 1. The van der Waals surface area contributed by atoms with Crippen molar-refractivity contribution in [2.75, 3.05) is 0 Å². The Hall–Kier alpha value is -3.40. The summed E-state index contributed by atoms with van der Waals surface area (Å²) in [5, 5.41) is 3.07. The molecule has 138 valence electrons. The molecule has 0 amide bonds. The molecule has 2 heterocycles. The number of guanidine groups is 1. The van der Waals surface area contributed by atoms with E-state index in [1.807, 2.05) is 0 Å². The molecule has 0 saturated heterocycles. The molecule has 3 rings (SSSR count). The van der Waals surface area contributed by atoms with Crippen LogP contribution in [0.3, 0.4) is 0 Å². The van der Waals surface area contributed by atoms with Gasteiger partial charge in [0, 0.05) is 28.9 Å². The monoisotopic (exact) mass is 387 g/mol. The van der Waals surface area contributed by atoms with E-state index in [1.165, 1.54) is 30.5 Å². The Morgan fingerprint density at radius 3 is 2.56 bits per heavy atom. The number of aromatic nitrogens is 3. The Kier molecular flexibility index (Phi) is 5.36. The molecule has 0 aliphatic carbocycles. The highest BCUT2D eigenvalue weighted by molar-refractivity contribution is 7.09. The van der Waals surface area contributed by atoms with Gasteiger partial charge in [0.05, 0.1) is 17.6 Å². The van der Waals surface area contributed by atoms with E-state index in [0.29, 0.717) is 11.0 Å². The average Bonchev–Trinajstić information content (AvgIpc) is 3.05. The van der Waals surface area contributed by atoms with Crippen LogP contribution < -0.4 is 16.8 Å². The van der Waals surface area contributed by atoms with Crippen molar-refractivity contribution in [1.82, 2.24) is 19.7 Å². The zero-order valence-corrected chi connectivity index (χ0v) is 15.0. The van der Waals surface area contributed by atoms with Crippen molar-refractivity contribution in [1.29, 1.82) is 0 Å². The quantitative estimate of drug-likeness (QED) is 0.468. The molecule has 0 atom stereocenters. The minimum atomic E-state index is -0.652. The minimum absolute atomic E-state index is 0.0494. The number of hydrogen-bond donors (Lipinski definition) is 3. The largest absolute Gasteiger partial charge is 0.396 e. The molecular formula is C17H15F2N7S. The highest BCUT2D eigenvalue weighted by Crippen LogP contribution is 2.24. The lowest BCUT2D eigenvalue weighted by Gasteiger charge is -2.15. The fourth-order valence-electron chi connectivity index (χ4n) is 2.26. The molecule has 0 spiro atoms. The molecule has 0 aliphatic rings. The van der Waals surface area contributed by atoms with Crippen LogP contribution in [0.2, 0.25) is 0 Å². The van der Waals surface area contributed by atoms with Gasteiger partial charge < -0.3 is 16.8 Å². The number of rotatable bonds is 4. The van der Waals surface area contributed by atoms with Crippen molar-refractivity contribution in [2.45, 2.75) is 6.92 Å². The summed E-state index contributed by atoms with van der Waals surface area (Å²) in [4.78, 5) is 11.8. The third-order valence-corrected chi connectivity index (χ3v) is 4.16. The summed E-state index contributed by atoms with van der Waals surface area (Å²) in [7, 11) is 0. The molecule has 3 aromatic rings. The van der Waals surface area contributed by atoms with Crippen molar-refractivity contribution in [3.05, 3.63) is 71.3 Å². The lowest BCUT2D eigenvalue weighted by atomic mass is 10.1. The van der Waals surface area contributed by atoms with Crippen molar-refractivity contribution < 1.29 is 8.78 Å². The Balaban J connectivity index is 2.08. The van der Waals surface area contributed by atoms with E-state index < -0.39 is 11.6 Å². The van der Waals surface area contributed by atoms with Crippen LogP contribution in [0.25, 0.3) is 11.4 Å². The van der Waals surface area contributed by atoms with Gasteiger partial charge in [-0.3, -0.25) is 4.98 Å². The third kappa shape index (κ3) is 4.23. The fourth-order valence-corrected chi connectivity index (χ4v) is 2.83. The second kappa shape index (κ2) is 7.87. The summed E-state index contributed by atoms with van der Waals surface area (Å²) in [5.41, 5.74) is 12.2. The van der Waals surface area contributed by atoms with Crippen LogP contribution in [0.5, 0.6) is 0 Å². The van der Waals surface area contributed by atoms with Crippen LogP contribution in [-0.4, -0.2) is 20.3 Å². The molecule has 2 aromatic heterocycles. The normalized spacial score (nSPS) is 12.6. The first-order chi connectivity index (χ1) is 13.0. The average molecular weight is 387 g/mol. The Labute approximate surface area is 157 Å². The maximum Gasteiger partial charge on any atom is 0.232 e. The number of nitrogens with one attached hydrogen (secondary N) is 1. The van der Waals surface area contributed by atoms with Crippen molar-refractivity contribution in [3.8, 4) is 0 Å². The predicted molar refractivity (Wildman–Crippen MR) is 101 cm³/mol. The number of hydrogen-bond acceptors (Lipinski definition) is 6. The standard InChI is InChI=1S/C17H15F2N7S/c1-9-23-17(27-26-9)25-16(21)24-15(11-4-2-3-5-12(11)18)14(20)10-6-7-22-8-13(10)19/h2-8H,20H2,1H3,(H3,21,23,24,25,26)/b15-14-. The van der Waals surface area contributed by atoms with E-state index in [2.05, 4.69) is 24.7 Å². The molecule has 0 aliphatic heterocycles. The molecule has 1 aromatic carbocycles. The summed E-state index contributed by atoms with van der Waals surface area (Å²) in [5.74, 6) is -0.755. The summed E-state index contributed by atoms with van der Waals surface area (Å²) < 4.78 is 32.5. The third-order valence-electron chi connectivity index (χ3n) is 3.46. The van der Waals surface area contributed by atoms with Crippen molar-refractivity contribution >= 4 is 34.0 Å². The zero-order chi connectivity index (χ0) is 19.4. The molecule has 5 N–H and O–H groups in total. The Morgan fingerprint density at radius 1 is 1.11 bits per heavy atom. The topological polar surface area (TPSA) is 115 Å². The fraction of sp³-hybridized carbons (Fsp3) is 0.0588. The lowest BCUT2D eigenvalue weighted by molar-refractivity contribution is 0.616. The van der Waals surface area contributed by atoms with Gasteiger partial charge in [0.2, 0.25) is 11.1 Å². The Morgan fingerprint density at radius 2 is 1.89 bits per heavy atom. The van der Waals surface area contributed by atoms with Gasteiger partial charge in [0.25, 0.3) is 0 Å². The number of aliphatic imine (C=N–C) groups is 1. The smallest absolute Gasteiger partial charge is 0.232 e. The number of nitrogens with two attached hydrogens (primary N) is 2. The second-order valence-electron chi connectivity index (χ2n) is 5.37. The van der Waals surface area contributed by atoms with E-state index in [4.69, 9.17) is 11.5 Å². The Bertz CT molecular complexity index is 1030. The first kappa shape index (κ1) is 18.4. The van der Waals surface area contributed by atoms with Crippen LogP contribution >= 0.6 is 11.5 Å². The van der Waals surface area contributed by atoms with Crippen LogP contribution in [0.15, 0.2) is 47.7 Å². The zero-order valence-electron chi connectivity index (χ0n) is 14.1. The van der Waals surface area contributed by atoms with E-state index in [0.717, 1.165) is 17.7 Å². The van der Waals surface area contributed by atoms with Gasteiger partial charge in [0.15, 0.2) is 5.82 Å². The van der Waals surface area contributed by atoms with E-state index in [-0.39, 0.29) is 28.5 Å².